The van der Waals surface area contributed by atoms with Gasteiger partial charge in [-0.3, -0.25) is 4.52 Å². The molecule has 0 aromatic carbocycles. The maximum atomic E-state index is 10.6. The van der Waals surface area contributed by atoms with Crippen molar-refractivity contribution >= 4 is 7.82 Å². The number of phosphoric acid groups is 1. The van der Waals surface area contributed by atoms with Crippen LogP contribution in [0.5, 0.6) is 0 Å². The van der Waals surface area contributed by atoms with Crippen molar-refractivity contribution in [1.29, 1.82) is 0 Å². The predicted molar refractivity (Wildman–Crippen MR) is 48.9 cm³/mol. The van der Waals surface area contributed by atoms with Gasteiger partial charge < -0.3 is 35.6 Å². The van der Waals surface area contributed by atoms with E-state index in [-0.39, 0.29) is 0 Å². The van der Waals surface area contributed by atoms with Gasteiger partial charge in [0.15, 0.2) is 6.29 Å². The lowest BCUT2D eigenvalue weighted by Crippen LogP contribution is -2.62. The molecule has 0 bridgehead atoms. The van der Waals surface area contributed by atoms with E-state index < -0.39 is 45.1 Å². The average Bonchev–Trinajstić information content (AvgIpc) is 2.17. The summed E-state index contributed by atoms with van der Waals surface area (Å²) in [5.74, 6) is 0. The van der Waals surface area contributed by atoms with Crippen LogP contribution in [0.25, 0.3) is 0 Å². The first-order chi connectivity index (χ1) is 7.26. The summed E-state index contributed by atoms with van der Waals surface area (Å²) in [6, 6.07) is -1.33. The van der Waals surface area contributed by atoms with Crippen LogP contribution in [0.2, 0.25) is 0 Å². The zero-order valence-electron chi connectivity index (χ0n) is 8.08. The standard InChI is InChI=1S/C6H14NO8P/c7-3-5(10)4(9)2(1-8)14-6(3)15-16(11,12)13/h2-6,8-10H,1,7H2,(H2,11,12,13)/t2-,3-,4-,5-,6-/m1/s1. The van der Waals surface area contributed by atoms with Crippen LogP contribution >= 0.6 is 7.82 Å². The highest BCUT2D eigenvalue weighted by atomic mass is 31.2. The summed E-state index contributed by atoms with van der Waals surface area (Å²) >= 11 is 0. The zero-order chi connectivity index (χ0) is 12.5. The fraction of sp³-hybridized carbons (Fsp3) is 1.00. The van der Waals surface area contributed by atoms with Gasteiger partial charge >= 0.3 is 7.82 Å². The third-order valence-corrected chi connectivity index (χ3v) is 2.65. The minimum atomic E-state index is -4.83. The highest BCUT2D eigenvalue weighted by Crippen LogP contribution is 2.40. The van der Waals surface area contributed by atoms with Crippen molar-refractivity contribution in [1.82, 2.24) is 0 Å². The largest absolute Gasteiger partial charge is 0.471 e. The molecule has 96 valence electrons. The highest BCUT2D eigenvalue weighted by molar-refractivity contribution is 7.46. The Morgan fingerprint density at radius 3 is 2.31 bits per heavy atom. The van der Waals surface area contributed by atoms with Crippen LogP contribution in [0.1, 0.15) is 0 Å². The first-order valence-corrected chi connectivity index (χ1v) is 5.91. The molecule has 16 heavy (non-hydrogen) atoms. The van der Waals surface area contributed by atoms with Crippen LogP contribution in [0.4, 0.5) is 0 Å². The number of phosphoric ester groups is 1. The van der Waals surface area contributed by atoms with E-state index in [2.05, 4.69) is 4.52 Å². The maximum absolute atomic E-state index is 10.6. The monoisotopic (exact) mass is 259 g/mol. The van der Waals surface area contributed by atoms with Crippen LogP contribution in [-0.4, -0.2) is 62.4 Å². The molecule has 1 saturated heterocycles. The van der Waals surface area contributed by atoms with E-state index in [1.807, 2.05) is 0 Å². The Hall–Kier alpha value is -0.0900. The average molecular weight is 259 g/mol. The molecule has 0 radical (unpaired) electrons. The van der Waals surface area contributed by atoms with Crippen molar-refractivity contribution in [3.05, 3.63) is 0 Å². The first kappa shape index (κ1) is 14.0. The molecule has 0 aliphatic carbocycles. The molecule has 0 saturated carbocycles. The number of hydrogen-bond acceptors (Lipinski definition) is 7. The van der Waals surface area contributed by atoms with E-state index in [0.29, 0.717) is 0 Å². The molecular weight excluding hydrogens is 245 g/mol. The summed E-state index contributed by atoms with van der Waals surface area (Å²) in [7, 11) is -4.83. The summed E-state index contributed by atoms with van der Waals surface area (Å²) in [5, 5.41) is 27.6. The third kappa shape index (κ3) is 3.20. The SMILES string of the molecule is N[C@H]1[C@@H](OP(=O)(O)O)O[C@H](CO)[C@@H](O)[C@@H]1O. The number of aliphatic hydroxyl groups excluding tert-OH is 3. The Morgan fingerprint density at radius 1 is 1.31 bits per heavy atom. The second kappa shape index (κ2) is 5.05. The summed E-state index contributed by atoms with van der Waals surface area (Å²) < 4.78 is 19.5. The Labute approximate surface area is 90.6 Å². The molecule has 10 heteroatoms. The lowest BCUT2D eigenvalue weighted by atomic mass is 9.98. The van der Waals surface area contributed by atoms with Crippen molar-refractivity contribution in [3.8, 4) is 0 Å². The van der Waals surface area contributed by atoms with Crippen molar-refractivity contribution < 1.29 is 38.9 Å². The Balaban J connectivity index is 2.75. The van der Waals surface area contributed by atoms with Gasteiger partial charge in [-0.25, -0.2) is 4.57 Å². The van der Waals surface area contributed by atoms with E-state index >= 15 is 0 Å². The molecule has 0 aromatic rings. The van der Waals surface area contributed by atoms with Crippen LogP contribution in [0.3, 0.4) is 0 Å². The summed E-state index contributed by atoms with van der Waals surface area (Å²) in [6.07, 6.45) is -5.78. The summed E-state index contributed by atoms with van der Waals surface area (Å²) in [5.41, 5.74) is 5.35. The number of aliphatic hydroxyl groups is 3. The molecule has 1 rings (SSSR count). The van der Waals surface area contributed by atoms with E-state index in [0.717, 1.165) is 0 Å². The molecule has 0 spiro atoms. The lowest BCUT2D eigenvalue weighted by molar-refractivity contribution is -0.242. The minimum absolute atomic E-state index is 0.647. The minimum Gasteiger partial charge on any atom is -0.394 e. The van der Waals surface area contributed by atoms with Gasteiger partial charge in [0.05, 0.1) is 12.6 Å². The van der Waals surface area contributed by atoms with Crippen LogP contribution in [-0.2, 0) is 13.8 Å². The molecule has 0 amide bonds. The van der Waals surface area contributed by atoms with E-state index in [9.17, 15) is 14.8 Å². The molecule has 7 N–H and O–H groups in total. The molecule has 1 aliphatic rings. The van der Waals surface area contributed by atoms with Crippen molar-refractivity contribution in [3.63, 3.8) is 0 Å². The van der Waals surface area contributed by atoms with E-state index in [1.54, 1.807) is 0 Å². The number of rotatable bonds is 3. The molecule has 0 unspecified atom stereocenters. The Bertz CT molecular complexity index is 280. The Kier molecular flexibility index (Phi) is 4.41. The Morgan fingerprint density at radius 2 is 1.88 bits per heavy atom. The van der Waals surface area contributed by atoms with Gasteiger partial charge in [-0.1, -0.05) is 0 Å². The van der Waals surface area contributed by atoms with Gasteiger partial charge in [0.1, 0.15) is 18.3 Å². The van der Waals surface area contributed by atoms with E-state index in [1.165, 1.54) is 0 Å². The number of ether oxygens (including phenoxy) is 1. The molecule has 0 aromatic heterocycles. The highest BCUT2D eigenvalue weighted by Gasteiger charge is 2.45. The molecule has 1 fully saturated rings. The smallest absolute Gasteiger partial charge is 0.394 e. The number of nitrogens with two attached hydrogens (primary N) is 1. The summed E-state index contributed by atoms with van der Waals surface area (Å²) in [4.78, 5) is 17.1. The van der Waals surface area contributed by atoms with Gasteiger partial charge in [0.2, 0.25) is 0 Å². The van der Waals surface area contributed by atoms with Crippen molar-refractivity contribution in [2.75, 3.05) is 6.61 Å². The van der Waals surface area contributed by atoms with Crippen LogP contribution in [0.15, 0.2) is 0 Å². The second-order valence-corrected chi connectivity index (χ2v) is 4.57. The second-order valence-electron chi connectivity index (χ2n) is 3.38. The normalized spacial score (nSPS) is 41.0. The van der Waals surface area contributed by atoms with Crippen molar-refractivity contribution in [2.45, 2.75) is 30.6 Å². The molecule has 1 aliphatic heterocycles. The molecule has 9 nitrogen and oxygen atoms in total. The molecular formula is C6H14NO8P. The fourth-order valence-electron chi connectivity index (χ4n) is 1.33. The zero-order valence-corrected chi connectivity index (χ0v) is 8.97. The maximum Gasteiger partial charge on any atom is 0.471 e. The fourth-order valence-corrected chi connectivity index (χ4v) is 1.79. The third-order valence-electron chi connectivity index (χ3n) is 2.17. The van der Waals surface area contributed by atoms with Gasteiger partial charge in [-0.05, 0) is 0 Å². The van der Waals surface area contributed by atoms with Crippen LogP contribution < -0.4 is 5.73 Å². The van der Waals surface area contributed by atoms with Crippen LogP contribution in [0, 0.1) is 0 Å². The quantitative estimate of drug-likeness (QED) is 0.287. The topological polar surface area (TPSA) is 163 Å². The van der Waals surface area contributed by atoms with Gasteiger partial charge in [0.25, 0.3) is 0 Å². The van der Waals surface area contributed by atoms with Gasteiger partial charge in [0, 0.05) is 0 Å². The summed E-state index contributed by atoms with van der Waals surface area (Å²) in [6.45, 7) is -0.647. The van der Waals surface area contributed by atoms with Gasteiger partial charge in [-0.15, -0.1) is 0 Å². The molecule has 1 heterocycles. The molecule has 5 atom stereocenters. The van der Waals surface area contributed by atoms with Gasteiger partial charge in [-0.2, -0.15) is 0 Å². The lowest BCUT2D eigenvalue weighted by Gasteiger charge is -2.40. The van der Waals surface area contributed by atoms with E-state index in [4.69, 9.17) is 25.4 Å². The first-order valence-electron chi connectivity index (χ1n) is 4.38. The predicted octanol–water partition coefficient (Wildman–Crippen LogP) is -3.14. The van der Waals surface area contributed by atoms with Crippen molar-refractivity contribution in [2.24, 2.45) is 5.73 Å². The number of hydrogen-bond donors (Lipinski definition) is 6.